The van der Waals surface area contributed by atoms with Crippen molar-refractivity contribution < 1.29 is 18.0 Å². The summed E-state index contributed by atoms with van der Waals surface area (Å²) in [5, 5.41) is 0.354. The van der Waals surface area contributed by atoms with Crippen molar-refractivity contribution in [3.63, 3.8) is 0 Å². The van der Waals surface area contributed by atoms with E-state index in [0.717, 1.165) is 0 Å². The Morgan fingerprint density at radius 1 is 1.04 bits per heavy atom. The van der Waals surface area contributed by atoms with Gasteiger partial charge >= 0.3 is 0 Å². The number of likely N-dealkylation sites (tertiary alicyclic amines) is 1. The second kappa shape index (κ2) is 6.18. The molecule has 2 saturated heterocycles. The number of hydrogen-bond donors (Lipinski definition) is 0. The van der Waals surface area contributed by atoms with Crippen LogP contribution < -0.4 is 0 Å². The lowest BCUT2D eigenvalue weighted by atomic mass is 9.85. The van der Waals surface area contributed by atoms with Gasteiger partial charge in [-0.05, 0) is 37.5 Å². The molecule has 0 saturated carbocycles. The Balaban J connectivity index is 1.51. The maximum atomic E-state index is 12.8. The van der Waals surface area contributed by atoms with Crippen molar-refractivity contribution in [1.82, 2.24) is 9.21 Å². The molecule has 2 amide bonds. The molecule has 1 aliphatic carbocycles. The minimum Gasteiger partial charge on any atom is -0.276 e. The molecule has 138 valence electrons. The third kappa shape index (κ3) is 2.61. The number of aryl methyl sites for hydroxylation is 1. The van der Waals surface area contributed by atoms with E-state index >= 15 is 0 Å². The Morgan fingerprint density at radius 2 is 1.62 bits per heavy atom. The number of halogens is 1. The maximum Gasteiger partial charge on any atom is 0.243 e. The minimum absolute atomic E-state index is 0.138. The van der Waals surface area contributed by atoms with Gasteiger partial charge in [-0.15, -0.1) is 0 Å². The first-order chi connectivity index (χ1) is 12.3. The van der Waals surface area contributed by atoms with Gasteiger partial charge in [0.1, 0.15) is 0 Å². The first-order valence-electron chi connectivity index (χ1n) is 8.59. The highest BCUT2D eigenvalue weighted by atomic mass is 35.5. The van der Waals surface area contributed by atoms with Gasteiger partial charge in [0.25, 0.3) is 0 Å². The van der Waals surface area contributed by atoms with E-state index < -0.39 is 10.0 Å². The lowest BCUT2D eigenvalue weighted by Gasteiger charge is -2.42. The van der Waals surface area contributed by atoms with Gasteiger partial charge in [-0.25, -0.2) is 8.42 Å². The Labute approximate surface area is 157 Å². The van der Waals surface area contributed by atoms with E-state index in [1.807, 2.05) is 12.2 Å². The van der Waals surface area contributed by atoms with Crippen LogP contribution in [0.15, 0.2) is 35.2 Å². The number of carbonyl (C=O) groups is 2. The highest BCUT2D eigenvalue weighted by molar-refractivity contribution is 7.89. The third-order valence-electron chi connectivity index (χ3n) is 5.50. The van der Waals surface area contributed by atoms with Gasteiger partial charge in [0.15, 0.2) is 0 Å². The molecule has 8 heteroatoms. The fourth-order valence-corrected chi connectivity index (χ4v) is 5.96. The van der Waals surface area contributed by atoms with Gasteiger partial charge in [-0.1, -0.05) is 29.8 Å². The SMILES string of the molecule is Cc1ccc(Cl)cc1S(=O)(=O)N1CC(N2C(=O)[C@@H]3CC=CC[C@H]3C2=O)C1. The first-order valence-corrected chi connectivity index (χ1v) is 10.4. The molecular formula is C18H19ClN2O4S. The van der Waals surface area contributed by atoms with Gasteiger partial charge < -0.3 is 0 Å². The van der Waals surface area contributed by atoms with Crippen molar-refractivity contribution in [2.24, 2.45) is 11.8 Å². The number of hydrogen-bond acceptors (Lipinski definition) is 4. The summed E-state index contributed by atoms with van der Waals surface area (Å²) in [6.07, 6.45) is 5.05. The van der Waals surface area contributed by atoms with Crippen LogP contribution in [0.4, 0.5) is 0 Å². The molecule has 1 aromatic rings. The van der Waals surface area contributed by atoms with Crippen molar-refractivity contribution in [3.05, 3.63) is 40.9 Å². The highest BCUT2D eigenvalue weighted by Gasteiger charge is 2.53. The number of fused-ring (bicyclic) bond motifs is 1. The van der Waals surface area contributed by atoms with Crippen LogP contribution in [0.3, 0.4) is 0 Å². The van der Waals surface area contributed by atoms with Gasteiger partial charge in [0.2, 0.25) is 21.8 Å². The number of rotatable bonds is 3. The van der Waals surface area contributed by atoms with Crippen LogP contribution in [-0.2, 0) is 19.6 Å². The fraction of sp³-hybridized carbons (Fsp3) is 0.444. The van der Waals surface area contributed by atoms with Crippen LogP contribution >= 0.6 is 11.6 Å². The van der Waals surface area contributed by atoms with Crippen LogP contribution in [-0.4, -0.2) is 48.6 Å². The molecule has 2 aliphatic heterocycles. The van der Waals surface area contributed by atoms with Crippen LogP contribution in [0.25, 0.3) is 0 Å². The number of benzene rings is 1. The molecule has 0 unspecified atom stereocenters. The molecule has 6 nitrogen and oxygen atoms in total. The summed E-state index contributed by atoms with van der Waals surface area (Å²) in [6.45, 7) is 1.99. The van der Waals surface area contributed by atoms with E-state index in [0.29, 0.717) is 23.4 Å². The van der Waals surface area contributed by atoms with Crippen molar-refractivity contribution in [1.29, 1.82) is 0 Å². The molecule has 2 fully saturated rings. The number of sulfonamides is 1. The van der Waals surface area contributed by atoms with Crippen LogP contribution in [0.2, 0.25) is 5.02 Å². The van der Waals surface area contributed by atoms with Crippen LogP contribution in [0, 0.1) is 18.8 Å². The molecule has 26 heavy (non-hydrogen) atoms. The quantitative estimate of drug-likeness (QED) is 0.580. The van der Waals surface area contributed by atoms with Crippen LogP contribution in [0.1, 0.15) is 18.4 Å². The van der Waals surface area contributed by atoms with E-state index in [2.05, 4.69) is 0 Å². The van der Waals surface area contributed by atoms with E-state index in [-0.39, 0.29) is 47.7 Å². The molecule has 0 aromatic heterocycles. The Morgan fingerprint density at radius 3 is 2.19 bits per heavy atom. The number of allylic oxidation sites excluding steroid dienone is 2. The number of imide groups is 1. The minimum atomic E-state index is -3.69. The standard InChI is InChI=1S/C18H19ClN2O4S/c1-11-6-7-12(19)8-16(11)26(24,25)20-9-13(10-20)21-17(22)14-4-2-3-5-15(14)18(21)23/h2-3,6-8,13-15H,4-5,9-10H2,1H3/t14-,15-/m1/s1. The number of nitrogens with zero attached hydrogens (tertiary/aromatic N) is 2. The zero-order valence-corrected chi connectivity index (χ0v) is 15.8. The monoisotopic (exact) mass is 394 g/mol. The van der Waals surface area contributed by atoms with E-state index in [1.54, 1.807) is 19.1 Å². The van der Waals surface area contributed by atoms with Crippen molar-refractivity contribution >= 4 is 33.4 Å². The van der Waals surface area contributed by atoms with Crippen molar-refractivity contribution in [3.8, 4) is 0 Å². The summed E-state index contributed by atoms with van der Waals surface area (Å²) >= 11 is 5.94. The van der Waals surface area contributed by atoms with Crippen molar-refractivity contribution in [2.45, 2.75) is 30.7 Å². The predicted molar refractivity (Wildman–Crippen MR) is 95.9 cm³/mol. The average molecular weight is 395 g/mol. The number of carbonyl (C=O) groups excluding carboxylic acids is 2. The molecule has 3 aliphatic rings. The molecule has 2 atom stereocenters. The summed E-state index contributed by atoms with van der Waals surface area (Å²) in [7, 11) is -3.69. The molecule has 4 rings (SSSR count). The Bertz CT molecular complexity index is 895. The first kappa shape index (κ1) is 17.7. The van der Waals surface area contributed by atoms with Gasteiger partial charge in [0.05, 0.1) is 22.8 Å². The van der Waals surface area contributed by atoms with Gasteiger partial charge in [-0.2, -0.15) is 4.31 Å². The van der Waals surface area contributed by atoms with Crippen molar-refractivity contribution in [2.75, 3.05) is 13.1 Å². The highest BCUT2D eigenvalue weighted by Crippen LogP contribution is 2.38. The molecule has 0 bridgehead atoms. The zero-order chi connectivity index (χ0) is 18.6. The summed E-state index contributed by atoms with van der Waals surface area (Å²) in [4.78, 5) is 26.7. The van der Waals surface area contributed by atoms with E-state index in [1.165, 1.54) is 15.3 Å². The molecular weight excluding hydrogens is 376 g/mol. The van der Waals surface area contributed by atoms with E-state index in [9.17, 15) is 18.0 Å². The average Bonchev–Trinajstić information content (AvgIpc) is 2.81. The van der Waals surface area contributed by atoms with Crippen LogP contribution in [0.5, 0.6) is 0 Å². The molecule has 0 spiro atoms. The smallest absolute Gasteiger partial charge is 0.243 e. The molecule has 2 heterocycles. The lowest BCUT2D eigenvalue weighted by Crippen LogP contribution is -2.62. The fourth-order valence-electron chi connectivity index (χ4n) is 3.95. The number of amides is 2. The Kier molecular flexibility index (Phi) is 4.21. The normalized spacial score (nSPS) is 26.9. The lowest BCUT2D eigenvalue weighted by molar-refractivity contribution is -0.145. The summed E-state index contributed by atoms with van der Waals surface area (Å²) < 4.78 is 27.0. The summed E-state index contributed by atoms with van der Waals surface area (Å²) in [5.41, 5.74) is 0.614. The largest absolute Gasteiger partial charge is 0.276 e. The zero-order valence-electron chi connectivity index (χ0n) is 14.3. The topological polar surface area (TPSA) is 74.8 Å². The second-order valence-corrected chi connectivity index (χ2v) is 9.43. The second-order valence-electron chi connectivity index (χ2n) is 7.09. The van der Waals surface area contributed by atoms with Gasteiger partial charge in [0, 0.05) is 18.1 Å². The molecule has 1 aromatic carbocycles. The van der Waals surface area contributed by atoms with Gasteiger partial charge in [-0.3, -0.25) is 14.5 Å². The molecule has 0 radical (unpaired) electrons. The predicted octanol–water partition coefficient (Wildman–Crippen LogP) is 1.97. The van der Waals surface area contributed by atoms with E-state index in [4.69, 9.17) is 11.6 Å². The summed E-state index contributed by atoms with van der Waals surface area (Å²) in [6, 6.07) is 4.37. The third-order valence-corrected chi connectivity index (χ3v) is 7.71. The molecule has 0 N–H and O–H groups in total. The Hall–Kier alpha value is -1.70. The maximum absolute atomic E-state index is 12.8. The summed E-state index contributed by atoms with van der Waals surface area (Å²) in [5.74, 6) is -0.891.